The third-order valence-corrected chi connectivity index (χ3v) is 23.6. The van der Waals surface area contributed by atoms with E-state index in [1.807, 2.05) is 86.6 Å². The van der Waals surface area contributed by atoms with Gasteiger partial charge in [0.15, 0.2) is 0 Å². The first kappa shape index (κ1) is 25.9. The van der Waals surface area contributed by atoms with E-state index in [0.29, 0.717) is 21.2 Å². The summed E-state index contributed by atoms with van der Waals surface area (Å²) in [7, 11) is 16.5. The summed E-state index contributed by atoms with van der Waals surface area (Å²) < 4.78 is 0. The monoisotopic (exact) mass is 640 g/mol. The number of hydrogen-bond acceptors (Lipinski definition) is 6. The van der Waals surface area contributed by atoms with E-state index >= 15 is 0 Å². The number of nitriles is 2. The van der Waals surface area contributed by atoms with Gasteiger partial charge in [0.2, 0.25) is 0 Å². The van der Waals surface area contributed by atoms with Crippen molar-refractivity contribution in [2.24, 2.45) is 0 Å². The van der Waals surface area contributed by atoms with E-state index in [0.717, 1.165) is 33.6 Å². The molecule has 0 aliphatic carbocycles. The molecule has 0 atom stereocenters. The van der Waals surface area contributed by atoms with Gasteiger partial charge in [-0.3, -0.25) is 0 Å². The molecule has 35 heavy (non-hydrogen) atoms. The van der Waals surface area contributed by atoms with Crippen molar-refractivity contribution in [1.82, 2.24) is 9.97 Å². The molecule has 4 aromatic rings. The number of hydrogen-bond donors (Lipinski definition) is 0. The van der Waals surface area contributed by atoms with Crippen LogP contribution in [0.3, 0.4) is 0 Å². The predicted molar refractivity (Wildman–Crippen MR) is 147 cm³/mol. The van der Waals surface area contributed by atoms with E-state index in [4.69, 9.17) is 27.8 Å². The molecule has 0 fully saturated rings. The molecule has 9 heteroatoms. The van der Waals surface area contributed by atoms with Crippen LogP contribution in [-0.2, 0) is 0 Å². The van der Waals surface area contributed by atoms with Crippen LogP contribution in [0.15, 0.2) is 82.8 Å². The van der Waals surface area contributed by atoms with Crippen LogP contribution in [0.4, 0.5) is 0 Å². The van der Waals surface area contributed by atoms with Gasteiger partial charge >= 0.3 is 223 Å². The molecule has 0 aliphatic heterocycles. The van der Waals surface area contributed by atoms with Gasteiger partial charge in [-0.05, 0) is 0 Å². The number of rotatable bonds is 6. The summed E-state index contributed by atoms with van der Waals surface area (Å²) >= 11 is -4.11. The van der Waals surface area contributed by atoms with E-state index in [-0.39, 0.29) is 0 Å². The summed E-state index contributed by atoms with van der Waals surface area (Å²) in [6.45, 7) is 3.76. The van der Waals surface area contributed by atoms with Gasteiger partial charge < -0.3 is 0 Å². The van der Waals surface area contributed by atoms with Crippen molar-refractivity contribution >= 4 is 49.1 Å². The Morgan fingerprint density at radius 1 is 0.686 bits per heavy atom. The van der Waals surface area contributed by atoms with Crippen LogP contribution < -0.4 is 0 Å². The first-order valence-electron chi connectivity index (χ1n) is 10.5. The van der Waals surface area contributed by atoms with Gasteiger partial charge in [-0.2, -0.15) is 0 Å². The first-order valence-corrected chi connectivity index (χ1v) is 26.4. The zero-order chi connectivity index (χ0) is 25.0. The third-order valence-electron chi connectivity index (χ3n) is 5.16. The number of pyridine rings is 2. The minimum atomic E-state index is -4.11. The SMILES string of the molecule is Cc1cc(-c2ccccc2)nc([S][Sn]([Cl])([Cl])[S]c2nc(-c3ccccc3)cc(C)c2C#N)c1C#N. The number of benzene rings is 2. The molecule has 0 amide bonds. The number of aromatic nitrogens is 2. The summed E-state index contributed by atoms with van der Waals surface area (Å²) in [5, 5.41) is 20.6. The molecule has 4 rings (SSSR count). The van der Waals surface area contributed by atoms with Crippen molar-refractivity contribution < 1.29 is 0 Å². The van der Waals surface area contributed by atoms with Crippen molar-refractivity contribution in [1.29, 1.82) is 10.5 Å². The van der Waals surface area contributed by atoms with Gasteiger partial charge in [-0.15, -0.1) is 0 Å². The fourth-order valence-electron chi connectivity index (χ4n) is 3.47. The van der Waals surface area contributed by atoms with E-state index in [2.05, 4.69) is 12.1 Å². The zero-order valence-corrected chi connectivity index (χ0v) is 24.8. The molecule has 0 N–H and O–H groups in total. The predicted octanol–water partition coefficient (Wildman–Crippen LogP) is 7.97. The van der Waals surface area contributed by atoms with Crippen molar-refractivity contribution in [3.8, 4) is 34.7 Å². The molecule has 2 heterocycles. The fourth-order valence-corrected chi connectivity index (χ4v) is 21.5. The molecule has 2 aromatic carbocycles. The summed E-state index contributed by atoms with van der Waals surface area (Å²) in [4.78, 5) is 9.50. The van der Waals surface area contributed by atoms with Crippen LogP contribution in [0.2, 0.25) is 0 Å². The van der Waals surface area contributed by atoms with Gasteiger partial charge in [0, 0.05) is 0 Å². The second kappa shape index (κ2) is 11.2. The van der Waals surface area contributed by atoms with Crippen LogP contribution >= 0.6 is 35.7 Å². The molecule has 0 bridgehead atoms. The Morgan fingerprint density at radius 3 is 1.40 bits per heavy atom. The second-order valence-corrected chi connectivity index (χ2v) is 39.8. The summed E-state index contributed by atoms with van der Waals surface area (Å²) in [5.41, 5.74) is 5.92. The van der Waals surface area contributed by atoms with Gasteiger partial charge in [0.25, 0.3) is 0 Å². The summed E-state index contributed by atoms with van der Waals surface area (Å²) in [6, 6.07) is 27.8. The van der Waals surface area contributed by atoms with Crippen molar-refractivity contribution in [2.45, 2.75) is 23.9 Å². The van der Waals surface area contributed by atoms with Crippen LogP contribution in [-0.4, -0.2) is 23.3 Å². The summed E-state index contributed by atoms with van der Waals surface area (Å²) in [6.07, 6.45) is 0. The van der Waals surface area contributed by atoms with Gasteiger partial charge in [0.05, 0.1) is 0 Å². The zero-order valence-electron chi connectivity index (χ0n) is 18.8. The Balaban J connectivity index is 1.72. The molecule has 0 saturated carbocycles. The van der Waals surface area contributed by atoms with Crippen LogP contribution in [0.5, 0.6) is 0 Å². The third kappa shape index (κ3) is 6.14. The van der Waals surface area contributed by atoms with E-state index in [1.165, 1.54) is 17.9 Å². The normalized spacial score (nSPS) is 11.0. The molecule has 0 saturated heterocycles. The molecular weight excluding hydrogens is 622 g/mol. The summed E-state index contributed by atoms with van der Waals surface area (Å²) in [5.74, 6) is 0. The molecular formula is C26H18Cl2N4S2Sn. The average molecular weight is 640 g/mol. The topological polar surface area (TPSA) is 73.4 Å². The quantitative estimate of drug-likeness (QED) is 0.199. The molecule has 4 nitrogen and oxygen atoms in total. The Morgan fingerprint density at radius 2 is 1.06 bits per heavy atom. The second-order valence-electron chi connectivity index (χ2n) is 7.63. The van der Waals surface area contributed by atoms with E-state index in [9.17, 15) is 10.5 Å². The van der Waals surface area contributed by atoms with Gasteiger partial charge in [-0.25, -0.2) is 0 Å². The van der Waals surface area contributed by atoms with Crippen molar-refractivity contribution in [3.05, 3.63) is 95.1 Å². The van der Waals surface area contributed by atoms with E-state index < -0.39 is 13.4 Å². The van der Waals surface area contributed by atoms with Crippen molar-refractivity contribution in [2.75, 3.05) is 0 Å². The Labute approximate surface area is 221 Å². The molecule has 0 unspecified atom stereocenters. The van der Waals surface area contributed by atoms with Crippen LogP contribution in [0.1, 0.15) is 22.3 Å². The Bertz CT molecular complexity index is 1360. The average Bonchev–Trinajstić information content (AvgIpc) is 2.84. The van der Waals surface area contributed by atoms with Crippen molar-refractivity contribution in [3.63, 3.8) is 0 Å². The Kier molecular flexibility index (Phi) is 8.31. The molecule has 0 radical (unpaired) electrons. The van der Waals surface area contributed by atoms with Gasteiger partial charge in [-0.1, -0.05) is 0 Å². The molecule has 172 valence electrons. The minimum absolute atomic E-state index is 0.459. The molecule has 0 spiro atoms. The van der Waals surface area contributed by atoms with Crippen LogP contribution in [0.25, 0.3) is 22.5 Å². The fraction of sp³-hybridized carbons (Fsp3) is 0.0769. The maximum atomic E-state index is 9.80. The molecule has 2 aromatic heterocycles. The first-order chi connectivity index (χ1) is 16.8. The van der Waals surface area contributed by atoms with Gasteiger partial charge in [0.1, 0.15) is 0 Å². The Hall–Kier alpha value is -2.20. The number of nitrogens with zero attached hydrogens (tertiary/aromatic N) is 4. The standard InChI is InChI=1S/2C13H10N2S.2ClH.Sn/c2*1-9-7-12(10-5-3-2-4-6-10)15-13(16)11(9)8-14;;;/h2*2-7H,1H3,(H,15,16);2*1H;/q;;;;+4/p-4. The number of halogens is 2. The van der Waals surface area contributed by atoms with E-state index in [1.54, 1.807) is 0 Å². The number of aryl methyl sites for hydroxylation is 2. The van der Waals surface area contributed by atoms with Crippen LogP contribution in [0, 0.1) is 36.5 Å². The maximum absolute atomic E-state index is 9.80. The molecule has 0 aliphatic rings.